The van der Waals surface area contributed by atoms with Crippen molar-refractivity contribution in [2.45, 2.75) is 0 Å². The first-order valence-electron chi connectivity index (χ1n) is 6.11. The Bertz CT molecular complexity index is 712. The van der Waals surface area contributed by atoms with Crippen molar-refractivity contribution in [2.24, 2.45) is 10.3 Å². The van der Waals surface area contributed by atoms with Crippen molar-refractivity contribution in [3.05, 3.63) is 68.8 Å². The molecule has 0 aliphatic carbocycles. The Kier molecular flexibility index (Phi) is 4.37. The van der Waals surface area contributed by atoms with Gasteiger partial charge in [-0.2, -0.15) is 0 Å². The molecule has 0 amide bonds. The summed E-state index contributed by atoms with van der Waals surface area (Å²) in [6, 6.07) is 11.5. The summed E-state index contributed by atoms with van der Waals surface area (Å²) in [5.74, 6) is 0. The predicted molar refractivity (Wildman–Crippen MR) is 79.1 cm³/mol. The van der Waals surface area contributed by atoms with E-state index in [9.17, 15) is 20.2 Å². The van der Waals surface area contributed by atoms with Gasteiger partial charge in [0.2, 0.25) is 0 Å². The van der Waals surface area contributed by atoms with E-state index in [1.165, 1.54) is 41.4 Å². The van der Waals surface area contributed by atoms with Crippen molar-refractivity contribution < 1.29 is 9.85 Å². The van der Waals surface area contributed by atoms with Crippen LogP contribution in [0.1, 0.15) is 0 Å². The van der Waals surface area contributed by atoms with E-state index in [0.29, 0.717) is 11.4 Å². The lowest BCUT2D eigenvalue weighted by molar-refractivity contribution is -0.385. The van der Waals surface area contributed by atoms with Crippen LogP contribution in [0, 0.1) is 20.2 Å². The maximum Gasteiger partial charge on any atom is 0.269 e. The normalized spacial score (nSPS) is 10.6. The van der Waals surface area contributed by atoms with Gasteiger partial charge in [-0.25, -0.2) is 5.01 Å². The van der Waals surface area contributed by atoms with E-state index in [1.807, 2.05) is 0 Å². The SMILES string of the molecule is CN(N=Nc1ccc([N+](=O)[O-])cc1)c1ccc([N+](=O)[O-])cc1. The van der Waals surface area contributed by atoms with E-state index in [1.54, 1.807) is 19.2 Å². The highest BCUT2D eigenvalue weighted by atomic mass is 16.6. The standard InChI is InChI=1S/C13H11N5O4/c1-16(11-6-8-13(9-7-11)18(21)22)15-14-10-2-4-12(5-3-10)17(19)20/h2-9H,1H3. The molecule has 0 aromatic heterocycles. The van der Waals surface area contributed by atoms with Gasteiger partial charge in [0.1, 0.15) is 0 Å². The zero-order valence-electron chi connectivity index (χ0n) is 11.5. The summed E-state index contributed by atoms with van der Waals surface area (Å²) in [7, 11) is 1.63. The van der Waals surface area contributed by atoms with E-state index in [-0.39, 0.29) is 11.4 Å². The lowest BCUT2D eigenvalue weighted by Crippen LogP contribution is -2.06. The van der Waals surface area contributed by atoms with Gasteiger partial charge in [-0.05, 0) is 24.3 Å². The number of benzene rings is 2. The minimum Gasteiger partial charge on any atom is -0.258 e. The molecule has 2 aromatic rings. The van der Waals surface area contributed by atoms with Gasteiger partial charge < -0.3 is 0 Å². The van der Waals surface area contributed by atoms with Gasteiger partial charge >= 0.3 is 0 Å². The van der Waals surface area contributed by atoms with Crippen LogP contribution in [0.15, 0.2) is 58.9 Å². The Labute approximate surface area is 124 Å². The van der Waals surface area contributed by atoms with Gasteiger partial charge in [-0.1, -0.05) is 5.22 Å². The summed E-state index contributed by atoms with van der Waals surface area (Å²) < 4.78 is 0. The highest BCUT2D eigenvalue weighted by Gasteiger charge is 2.06. The smallest absolute Gasteiger partial charge is 0.258 e. The van der Waals surface area contributed by atoms with Crippen LogP contribution >= 0.6 is 0 Å². The predicted octanol–water partition coefficient (Wildman–Crippen LogP) is 3.64. The summed E-state index contributed by atoms with van der Waals surface area (Å²) in [5.41, 5.74) is 1.04. The molecule has 0 radical (unpaired) electrons. The Morgan fingerprint density at radius 2 is 1.32 bits per heavy atom. The van der Waals surface area contributed by atoms with Crippen molar-refractivity contribution in [3.63, 3.8) is 0 Å². The summed E-state index contributed by atoms with van der Waals surface area (Å²) in [5, 5.41) is 30.4. The second-order valence-corrected chi connectivity index (χ2v) is 4.26. The van der Waals surface area contributed by atoms with Crippen LogP contribution in [0.25, 0.3) is 0 Å². The highest BCUT2D eigenvalue weighted by molar-refractivity contribution is 5.50. The second-order valence-electron chi connectivity index (χ2n) is 4.26. The molecule has 0 aliphatic heterocycles. The maximum absolute atomic E-state index is 10.6. The minimum atomic E-state index is -0.496. The van der Waals surface area contributed by atoms with Crippen molar-refractivity contribution >= 4 is 22.7 Å². The Hall–Kier alpha value is -3.36. The molecular weight excluding hydrogens is 290 g/mol. The zero-order valence-corrected chi connectivity index (χ0v) is 11.5. The van der Waals surface area contributed by atoms with Crippen molar-refractivity contribution in [1.82, 2.24) is 0 Å². The van der Waals surface area contributed by atoms with E-state index < -0.39 is 9.85 Å². The van der Waals surface area contributed by atoms with Gasteiger partial charge in [0, 0.05) is 31.3 Å². The number of rotatable bonds is 5. The lowest BCUT2D eigenvalue weighted by atomic mass is 10.3. The Morgan fingerprint density at radius 3 is 1.77 bits per heavy atom. The van der Waals surface area contributed by atoms with E-state index in [0.717, 1.165) is 0 Å². The number of nitro benzene ring substituents is 2. The molecule has 0 saturated heterocycles. The molecule has 0 atom stereocenters. The molecule has 0 N–H and O–H groups in total. The van der Waals surface area contributed by atoms with Crippen LogP contribution < -0.4 is 5.01 Å². The lowest BCUT2D eigenvalue weighted by Gasteiger charge is -2.10. The number of hydrogen-bond donors (Lipinski definition) is 0. The number of nitrogens with zero attached hydrogens (tertiary/aromatic N) is 5. The molecule has 9 heteroatoms. The van der Waals surface area contributed by atoms with Gasteiger partial charge in [0.05, 0.1) is 21.2 Å². The first-order valence-corrected chi connectivity index (χ1v) is 6.11. The molecular formula is C13H11N5O4. The fourth-order valence-corrected chi connectivity index (χ4v) is 1.60. The van der Waals surface area contributed by atoms with Crippen LogP contribution in [0.4, 0.5) is 22.7 Å². The summed E-state index contributed by atoms with van der Waals surface area (Å²) in [4.78, 5) is 20.1. The fourth-order valence-electron chi connectivity index (χ4n) is 1.60. The van der Waals surface area contributed by atoms with Gasteiger partial charge in [-0.3, -0.25) is 20.2 Å². The molecule has 9 nitrogen and oxygen atoms in total. The van der Waals surface area contributed by atoms with Crippen molar-refractivity contribution in [3.8, 4) is 0 Å². The van der Waals surface area contributed by atoms with Crippen LogP contribution in [0.2, 0.25) is 0 Å². The zero-order chi connectivity index (χ0) is 16.1. The third-order valence-electron chi connectivity index (χ3n) is 2.79. The minimum absolute atomic E-state index is 0.00976. The number of nitro groups is 2. The number of anilines is 1. The maximum atomic E-state index is 10.6. The second kappa shape index (κ2) is 6.39. The monoisotopic (exact) mass is 301 g/mol. The molecule has 0 saturated carbocycles. The Morgan fingerprint density at radius 1 is 0.864 bits per heavy atom. The molecule has 2 aromatic carbocycles. The average molecular weight is 301 g/mol. The fraction of sp³-hybridized carbons (Fsp3) is 0.0769. The van der Waals surface area contributed by atoms with Crippen LogP contribution in [-0.4, -0.2) is 16.9 Å². The molecule has 0 unspecified atom stereocenters. The molecule has 22 heavy (non-hydrogen) atoms. The quantitative estimate of drug-likeness (QED) is 0.475. The average Bonchev–Trinajstić information content (AvgIpc) is 2.53. The molecule has 0 spiro atoms. The van der Waals surface area contributed by atoms with E-state index in [4.69, 9.17) is 0 Å². The molecule has 0 heterocycles. The summed E-state index contributed by atoms with van der Waals surface area (Å²) in [6.45, 7) is 0. The van der Waals surface area contributed by atoms with Gasteiger partial charge in [-0.15, -0.1) is 5.11 Å². The van der Waals surface area contributed by atoms with Gasteiger partial charge in [0.25, 0.3) is 11.4 Å². The first-order chi connectivity index (χ1) is 10.5. The molecule has 0 fully saturated rings. The highest BCUT2D eigenvalue weighted by Crippen LogP contribution is 2.21. The van der Waals surface area contributed by atoms with Crippen LogP contribution in [0.5, 0.6) is 0 Å². The van der Waals surface area contributed by atoms with Crippen LogP contribution in [0.3, 0.4) is 0 Å². The first kappa shape index (κ1) is 15.0. The summed E-state index contributed by atoms with van der Waals surface area (Å²) >= 11 is 0. The third kappa shape index (κ3) is 3.60. The van der Waals surface area contributed by atoms with E-state index >= 15 is 0 Å². The molecule has 2 rings (SSSR count). The largest absolute Gasteiger partial charge is 0.269 e. The topological polar surface area (TPSA) is 114 Å². The van der Waals surface area contributed by atoms with Crippen molar-refractivity contribution in [1.29, 1.82) is 0 Å². The van der Waals surface area contributed by atoms with Crippen LogP contribution in [-0.2, 0) is 0 Å². The molecule has 0 aliphatic rings. The van der Waals surface area contributed by atoms with E-state index in [2.05, 4.69) is 10.3 Å². The molecule has 112 valence electrons. The molecule has 0 bridgehead atoms. The number of non-ortho nitro benzene ring substituents is 2. The van der Waals surface area contributed by atoms with Crippen molar-refractivity contribution in [2.75, 3.05) is 12.1 Å². The summed E-state index contributed by atoms with van der Waals surface area (Å²) in [6.07, 6.45) is 0. The Balaban J connectivity index is 2.08. The third-order valence-corrected chi connectivity index (χ3v) is 2.79. The number of hydrogen-bond acceptors (Lipinski definition) is 6. The van der Waals surface area contributed by atoms with Gasteiger partial charge in [0.15, 0.2) is 0 Å².